The molecule has 108 valence electrons. The number of benzene rings is 2. The van der Waals surface area contributed by atoms with Crippen LogP contribution >= 0.6 is 0 Å². The van der Waals surface area contributed by atoms with Gasteiger partial charge in [-0.25, -0.2) is 8.78 Å². The van der Waals surface area contributed by atoms with Crippen LogP contribution in [0.25, 0.3) is 0 Å². The molecule has 0 aromatic heterocycles. The lowest BCUT2D eigenvalue weighted by atomic mass is 9.84. The monoisotopic (exact) mass is 289 g/mol. The number of hydrogen-bond acceptors (Lipinski definition) is 4. The molecule has 0 saturated carbocycles. The van der Waals surface area contributed by atoms with E-state index in [0.29, 0.717) is 16.8 Å². The molecule has 0 bridgehead atoms. The van der Waals surface area contributed by atoms with Crippen LogP contribution in [0.4, 0.5) is 8.78 Å². The number of aliphatic hydroxyl groups is 1. The van der Waals surface area contributed by atoms with Crippen molar-refractivity contribution in [3.8, 4) is 0 Å². The summed E-state index contributed by atoms with van der Waals surface area (Å²) in [5.41, 5.74) is 7.91. The van der Waals surface area contributed by atoms with E-state index in [1.54, 1.807) is 6.20 Å². The largest absolute Gasteiger partial charge is 0.374 e. The van der Waals surface area contributed by atoms with Gasteiger partial charge in [-0.05, 0) is 35.4 Å². The maximum atomic E-state index is 13.1. The highest BCUT2D eigenvalue weighted by Gasteiger charge is 2.37. The summed E-state index contributed by atoms with van der Waals surface area (Å²) in [6.45, 7) is 0. The van der Waals surface area contributed by atoms with Crippen LogP contribution in [-0.2, 0) is 5.60 Å². The molecule has 0 unspecified atom stereocenters. The van der Waals surface area contributed by atoms with Gasteiger partial charge in [0, 0.05) is 6.20 Å². The Labute approximate surface area is 120 Å². The topological polar surface area (TPSA) is 56.3 Å². The molecule has 0 radical (unpaired) electrons. The van der Waals surface area contributed by atoms with Crippen molar-refractivity contribution in [3.63, 3.8) is 0 Å². The van der Waals surface area contributed by atoms with Crippen LogP contribution in [0.1, 0.15) is 11.1 Å². The van der Waals surface area contributed by atoms with Crippen molar-refractivity contribution in [1.82, 2.24) is 16.4 Å². The molecule has 6 heteroatoms. The molecule has 2 aromatic rings. The Morgan fingerprint density at radius 3 is 1.67 bits per heavy atom. The highest BCUT2D eigenvalue weighted by atomic mass is 19.1. The fourth-order valence-corrected chi connectivity index (χ4v) is 2.30. The highest BCUT2D eigenvalue weighted by Crippen LogP contribution is 2.35. The van der Waals surface area contributed by atoms with Crippen LogP contribution < -0.4 is 16.4 Å². The highest BCUT2D eigenvalue weighted by molar-refractivity contribution is 5.44. The predicted octanol–water partition coefficient (Wildman–Crippen LogP) is 1.65. The molecule has 4 nitrogen and oxygen atoms in total. The van der Waals surface area contributed by atoms with Crippen molar-refractivity contribution < 1.29 is 13.9 Å². The van der Waals surface area contributed by atoms with Crippen LogP contribution in [0.3, 0.4) is 0 Å². The normalized spacial score (nSPS) is 14.3. The minimum Gasteiger partial charge on any atom is -0.374 e. The zero-order valence-electron chi connectivity index (χ0n) is 10.9. The van der Waals surface area contributed by atoms with Gasteiger partial charge >= 0.3 is 0 Å². The first-order valence-electron chi connectivity index (χ1n) is 6.32. The Hall–Kier alpha value is -2.44. The van der Waals surface area contributed by atoms with Crippen LogP contribution in [0, 0.1) is 11.6 Å². The molecule has 0 fully saturated rings. The summed E-state index contributed by atoms with van der Waals surface area (Å²) in [5, 5.41) is 11.2. The molecule has 2 aromatic carbocycles. The molecule has 0 spiro atoms. The zero-order chi connectivity index (χ0) is 14.9. The lowest BCUT2D eigenvalue weighted by Gasteiger charge is -2.30. The third-order valence-corrected chi connectivity index (χ3v) is 3.40. The molecule has 0 saturated heterocycles. The third-order valence-electron chi connectivity index (χ3n) is 3.40. The van der Waals surface area contributed by atoms with Crippen molar-refractivity contribution in [2.75, 3.05) is 0 Å². The standard InChI is InChI=1S/C15H13F2N3O/c16-12-5-1-10(2-6-12)15(21,14-9-18-20-19-14)11-3-7-13(17)8-4-11/h1-9,18-21H. The van der Waals surface area contributed by atoms with Gasteiger partial charge in [0.05, 0.1) is 5.70 Å². The Kier molecular flexibility index (Phi) is 3.32. The summed E-state index contributed by atoms with van der Waals surface area (Å²) in [5.74, 6) is -0.797. The van der Waals surface area contributed by atoms with Crippen molar-refractivity contribution in [2.24, 2.45) is 0 Å². The first-order valence-corrected chi connectivity index (χ1v) is 6.32. The first kappa shape index (κ1) is 13.5. The number of halogens is 2. The molecule has 3 rings (SSSR count). The van der Waals surface area contributed by atoms with Gasteiger partial charge in [0.2, 0.25) is 0 Å². The van der Waals surface area contributed by atoms with Gasteiger partial charge in [0.15, 0.2) is 5.60 Å². The number of rotatable bonds is 3. The lowest BCUT2D eigenvalue weighted by molar-refractivity contribution is 0.112. The minimum absolute atomic E-state index is 0.398. The Morgan fingerprint density at radius 2 is 1.29 bits per heavy atom. The Bertz CT molecular complexity index is 623. The van der Waals surface area contributed by atoms with Crippen molar-refractivity contribution in [3.05, 3.63) is 83.2 Å². The lowest BCUT2D eigenvalue weighted by Crippen LogP contribution is -2.40. The molecule has 4 N–H and O–H groups in total. The Morgan fingerprint density at radius 1 is 0.810 bits per heavy atom. The smallest absolute Gasteiger partial charge is 0.157 e. The van der Waals surface area contributed by atoms with Crippen LogP contribution in [0.5, 0.6) is 0 Å². The molecule has 0 amide bonds. The average molecular weight is 289 g/mol. The van der Waals surface area contributed by atoms with Gasteiger partial charge in [0.1, 0.15) is 11.6 Å². The second-order valence-electron chi connectivity index (χ2n) is 4.68. The van der Waals surface area contributed by atoms with E-state index in [4.69, 9.17) is 0 Å². The van der Waals surface area contributed by atoms with Crippen LogP contribution in [0.2, 0.25) is 0 Å². The first-order chi connectivity index (χ1) is 10.1. The fourth-order valence-electron chi connectivity index (χ4n) is 2.30. The summed E-state index contributed by atoms with van der Waals surface area (Å²) in [7, 11) is 0. The van der Waals surface area contributed by atoms with Crippen molar-refractivity contribution in [1.29, 1.82) is 0 Å². The fraction of sp³-hybridized carbons (Fsp3) is 0.0667. The van der Waals surface area contributed by atoms with Gasteiger partial charge < -0.3 is 16.0 Å². The summed E-state index contributed by atoms with van der Waals surface area (Å²) >= 11 is 0. The van der Waals surface area contributed by atoms with Crippen molar-refractivity contribution in [2.45, 2.75) is 5.60 Å². The SMILES string of the molecule is OC(C1=CNNN1)(c1ccc(F)cc1)c1ccc(F)cc1. The summed E-state index contributed by atoms with van der Waals surface area (Å²) < 4.78 is 26.2. The average Bonchev–Trinajstić information content (AvgIpc) is 3.02. The molecular formula is C15H13F2N3O. The van der Waals surface area contributed by atoms with E-state index in [2.05, 4.69) is 16.4 Å². The maximum absolute atomic E-state index is 13.1. The number of nitrogens with one attached hydrogen (secondary N) is 3. The minimum atomic E-state index is -1.56. The Balaban J connectivity index is 2.14. The second-order valence-corrected chi connectivity index (χ2v) is 4.68. The molecule has 1 heterocycles. The van der Waals surface area contributed by atoms with Crippen LogP contribution in [0.15, 0.2) is 60.4 Å². The molecular weight excluding hydrogens is 276 g/mol. The van der Waals surface area contributed by atoms with Gasteiger partial charge in [-0.2, -0.15) is 5.53 Å². The van der Waals surface area contributed by atoms with Gasteiger partial charge in [0.25, 0.3) is 0 Å². The van der Waals surface area contributed by atoms with E-state index >= 15 is 0 Å². The summed E-state index contributed by atoms with van der Waals surface area (Å²) in [6, 6.07) is 11.0. The molecule has 1 aliphatic rings. The summed E-state index contributed by atoms with van der Waals surface area (Å²) in [6.07, 6.45) is 1.55. The van der Waals surface area contributed by atoms with Crippen molar-refractivity contribution >= 4 is 0 Å². The maximum Gasteiger partial charge on any atom is 0.157 e. The number of hydrazine groups is 2. The molecule has 21 heavy (non-hydrogen) atoms. The van der Waals surface area contributed by atoms with E-state index in [0.717, 1.165) is 0 Å². The quantitative estimate of drug-likeness (QED) is 0.694. The molecule has 0 atom stereocenters. The van der Waals surface area contributed by atoms with Gasteiger partial charge in [-0.15, -0.1) is 0 Å². The van der Waals surface area contributed by atoms with E-state index in [1.165, 1.54) is 48.5 Å². The zero-order valence-corrected chi connectivity index (χ0v) is 10.9. The van der Waals surface area contributed by atoms with E-state index in [-0.39, 0.29) is 0 Å². The van der Waals surface area contributed by atoms with E-state index < -0.39 is 17.2 Å². The molecule has 1 aliphatic heterocycles. The second kappa shape index (κ2) is 5.16. The van der Waals surface area contributed by atoms with E-state index in [1.807, 2.05) is 0 Å². The van der Waals surface area contributed by atoms with Crippen LogP contribution in [-0.4, -0.2) is 5.11 Å². The predicted molar refractivity (Wildman–Crippen MR) is 73.3 cm³/mol. The third kappa shape index (κ3) is 2.35. The van der Waals surface area contributed by atoms with Gasteiger partial charge in [-0.1, -0.05) is 24.3 Å². The summed E-state index contributed by atoms with van der Waals surface area (Å²) in [4.78, 5) is 0. The molecule has 0 aliphatic carbocycles. The van der Waals surface area contributed by atoms with Gasteiger partial charge in [-0.3, -0.25) is 0 Å². The number of hydrogen-bond donors (Lipinski definition) is 4. The van der Waals surface area contributed by atoms with E-state index in [9.17, 15) is 13.9 Å².